The Bertz CT molecular complexity index is 1340. The van der Waals surface area contributed by atoms with E-state index in [9.17, 15) is 9.59 Å². The zero-order valence-electron chi connectivity index (χ0n) is 18.5. The van der Waals surface area contributed by atoms with Crippen LogP contribution in [0.3, 0.4) is 0 Å². The summed E-state index contributed by atoms with van der Waals surface area (Å²) in [5.41, 5.74) is 1.67. The van der Waals surface area contributed by atoms with Gasteiger partial charge in [-0.15, -0.1) is 11.3 Å². The maximum atomic E-state index is 13.5. The molecular weight excluding hydrogens is 462 g/mol. The first-order valence-corrected chi connectivity index (χ1v) is 12.2. The van der Waals surface area contributed by atoms with Crippen molar-refractivity contribution in [3.05, 3.63) is 49.3 Å². The monoisotopic (exact) mass is 485 g/mol. The minimum atomic E-state index is -0.242. The number of aromatic nitrogens is 2. The van der Waals surface area contributed by atoms with Gasteiger partial charge in [0.15, 0.2) is 11.5 Å². The van der Waals surface area contributed by atoms with E-state index in [1.54, 1.807) is 23.1 Å². The summed E-state index contributed by atoms with van der Waals surface area (Å²) in [6.45, 7) is 6.30. The molecule has 1 amide bonds. The fourth-order valence-corrected chi connectivity index (χ4v) is 5.51. The van der Waals surface area contributed by atoms with Gasteiger partial charge in [-0.2, -0.15) is 0 Å². The first-order valence-electron chi connectivity index (χ1n) is 11.0. The van der Waals surface area contributed by atoms with Gasteiger partial charge in [0.1, 0.15) is 10.7 Å². The quantitative estimate of drug-likeness (QED) is 0.549. The number of H-pyrrole nitrogens is 1. The van der Waals surface area contributed by atoms with E-state index in [0.717, 1.165) is 29.7 Å². The van der Waals surface area contributed by atoms with Gasteiger partial charge in [0.2, 0.25) is 0 Å². The average molecular weight is 486 g/mol. The maximum Gasteiger partial charge on any atom is 0.260 e. The van der Waals surface area contributed by atoms with Crippen LogP contribution < -0.4 is 15.0 Å². The second-order valence-corrected chi connectivity index (χ2v) is 9.93. The Morgan fingerprint density at radius 1 is 1.18 bits per heavy atom. The van der Waals surface area contributed by atoms with E-state index in [4.69, 9.17) is 21.1 Å². The lowest BCUT2D eigenvalue weighted by Gasteiger charge is -2.17. The molecule has 2 aliphatic rings. The number of hydrogen-bond donors (Lipinski definition) is 1. The molecule has 5 rings (SSSR count). The third-order valence-corrected chi connectivity index (χ3v) is 7.44. The first kappa shape index (κ1) is 22.0. The normalized spacial score (nSPS) is 16.3. The molecule has 0 unspecified atom stereocenters. The number of halogens is 1. The zero-order valence-corrected chi connectivity index (χ0v) is 20.1. The second-order valence-electron chi connectivity index (χ2n) is 8.32. The third-order valence-electron chi connectivity index (χ3n) is 6.05. The molecule has 1 fully saturated rings. The standard InChI is InChI=1S/C24H24ClN3O4S/c1-13-14(2)33-23-19(13)22(29)26-21(27-23)16(24(30)28-6-3-4-7-28)10-15-11-17(25)20-18(12-15)31-8-5-9-32-20/h10-12H,3-9H2,1-2H3,(H,26,27,29). The summed E-state index contributed by atoms with van der Waals surface area (Å²) >= 11 is 7.94. The van der Waals surface area contributed by atoms with Gasteiger partial charge in [-0.25, -0.2) is 4.98 Å². The van der Waals surface area contributed by atoms with Gasteiger partial charge in [-0.05, 0) is 56.0 Å². The highest BCUT2D eigenvalue weighted by Gasteiger charge is 2.26. The highest BCUT2D eigenvalue weighted by atomic mass is 35.5. The molecular formula is C24H24ClN3O4S. The third kappa shape index (κ3) is 4.13. The number of thiophene rings is 1. The molecule has 0 atom stereocenters. The van der Waals surface area contributed by atoms with Crippen LogP contribution in [0.4, 0.5) is 0 Å². The number of nitrogens with one attached hydrogen (secondary N) is 1. The molecule has 2 aromatic heterocycles. The molecule has 33 heavy (non-hydrogen) atoms. The summed E-state index contributed by atoms with van der Waals surface area (Å²) < 4.78 is 11.5. The van der Waals surface area contributed by atoms with E-state index in [1.165, 1.54) is 11.3 Å². The van der Waals surface area contributed by atoms with Crippen LogP contribution >= 0.6 is 22.9 Å². The van der Waals surface area contributed by atoms with Crippen molar-refractivity contribution in [2.75, 3.05) is 26.3 Å². The fourth-order valence-electron chi connectivity index (χ4n) is 4.20. The van der Waals surface area contributed by atoms with Crippen molar-refractivity contribution >= 4 is 50.7 Å². The number of aryl methyl sites for hydroxylation is 2. The van der Waals surface area contributed by atoms with Gasteiger partial charge in [0, 0.05) is 24.4 Å². The van der Waals surface area contributed by atoms with E-state index < -0.39 is 0 Å². The first-order chi connectivity index (χ1) is 15.9. The van der Waals surface area contributed by atoms with Crippen molar-refractivity contribution in [2.24, 2.45) is 0 Å². The zero-order chi connectivity index (χ0) is 23.1. The van der Waals surface area contributed by atoms with Gasteiger partial charge >= 0.3 is 0 Å². The predicted octanol–water partition coefficient (Wildman–Crippen LogP) is 4.58. The molecule has 1 saturated heterocycles. The number of likely N-dealkylation sites (tertiary alicyclic amines) is 1. The molecule has 172 valence electrons. The molecule has 1 N–H and O–H groups in total. The lowest BCUT2D eigenvalue weighted by molar-refractivity contribution is -0.123. The summed E-state index contributed by atoms with van der Waals surface area (Å²) in [7, 11) is 0. The van der Waals surface area contributed by atoms with E-state index >= 15 is 0 Å². The number of hydrogen-bond acceptors (Lipinski definition) is 6. The van der Waals surface area contributed by atoms with Crippen LogP contribution in [0, 0.1) is 13.8 Å². The van der Waals surface area contributed by atoms with Crippen LogP contribution in [-0.2, 0) is 4.79 Å². The molecule has 1 aromatic carbocycles. The summed E-state index contributed by atoms with van der Waals surface area (Å²) in [6, 6.07) is 3.54. The van der Waals surface area contributed by atoms with Gasteiger partial charge in [-0.3, -0.25) is 9.59 Å². The van der Waals surface area contributed by atoms with Gasteiger partial charge in [0.25, 0.3) is 11.5 Å². The average Bonchev–Trinajstić information content (AvgIpc) is 3.34. The summed E-state index contributed by atoms with van der Waals surface area (Å²) in [4.78, 5) is 37.4. The van der Waals surface area contributed by atoms with E-state index in [2.05, 4.69) is 9.97 Å². The second kappa shape index (κ2) is 8.83. The molecule has 4 heterocycles. The van der Waals surface area contributed by atoms with Crippen LogP contribution in [0.1, 0.15) is 41.1 Å². The van der Waals surface area contributed by atoms with Gasteiger partial charge in [-0.1, -0.05) is 11.6 Å². The lowest BCUT2D eigenvalue weighted by Crippen LogP contribution is -2.29. The number of carbonyl (C=O) groups is 1. The lowest BCUT2D eigenvalue weighted by atomic mass is 10.1. The number of benzene rings is 1. The summed E-state index contributed by atoms with van der Waals surface area (Å²) in [6.07, 6.45) is 4.40. The predicted molar refractivity (Wildman–Crippen MR) is 130 cm³/mol. The number of carbonyl (C=O) groups excluding carboxylic acids is 1. The SMILES string of the molecule is Cc1sc2nc(C(=Cc3cc(Cl)c4c(c3)OCCCO4)C(=O)N3CCCC3)[nH]c(=O)c2c1C. The Morgan fingerprint density at radius 2 is 1.94 bits per heavy atom. The minimum Gasteiger partial charge on any atom is -0.489 e. The fraction of sp³-hybridized carbons (Fsp3) is 0.375. The van der Waals surface area contributed by atoms with Crippen LogP contribution in [0.15, 0.2) is 16.9 Å². The number of fused-ring (bicyclic) bond motifs is 2. The van der Waals surface area contributed by atoms with Gasteiger partial charge < -0.3 is 19.4 Å². The number of ether oxygens (including phenoxy) is 2. The molecule has 7 nitrogen and oxygen atoms in total. The number of aromatic amines is 1. The van der Waals surface area contributed by atoms with Gasteiger partial charge in [0.05, 0.1) is 29.2 Å². The van der Waals surface area contributed by atoms with Crippen LogP contribution in [-0.4, -0.2) is 47.1 Å². The smallest absolute Gasteiger partial charge is 0.260 e. The number of amides is 1. The Hall–Kier alpha value is -2.84. The van der Waals surface area contributed by atoms with Crippen molar-refractivity contribution in [1.82, 2.24) is 14.9 Å². The molecule has 9 heteroatoms. The van der Waals surface area contributed by atoms with Crippen molar-refractivity contribution in [3.63, 3.8) is 0 Å². The number of nitrogens with zero attached hydrogens (tertiary/aromatic N) is 2. The van der Waals surface area contributed by atoms with Crippen LogP contribution in [0.2, 0.25) is 5.02 Å². The molecule has 0 saturated carbocycles. The van der Waals surface area contributed by atoms with E-state index in [0.29, 0.717) is 64.2 Å². The summed E-state index contributed by atoms with van der Waals surface area (Å²) in [5.74, 6) is 1.15. The number of rotatable bonds is 3. The molecule has 0 aliphatic carbocycles. The van der Waals surface area contributed by atoms with Crippen LogP contribution in [0.5, 0.6) is 11.5 Å². The van der Waals surface area contributed by atoms with Crippen molar-refractivity contribution < 1.29 is 14.3 Å². The van der Waals surface area contributed by atoms with Crippen molar-refractivity contribution in [1.29, 1.82) is 0 Å². The molecule has 0 bridgehead atoms. The minimum absolute atomic E-state index is 0.164. The molecule has 0 radical (unpaired) electrons. The van der Waals surface area contributed by atoms with E-state index in [-0.39, 0.29) is 17.3 Å². The Labute approximate surface area is 200 Å². The van der Waals surface area contributed by atoms with Crippen molar-refractivity contribution in [3.8, 4) is 11.5 Å². The Balaban J connectivity index is 1.66. The van der Waals surface area contributed by atoms with Crippen LogP contribution in [0.25, 0.3) is 21.9 Å². The molecule has 0 spiro atoms. The molecule has 2 aliphatic heterocycles. The highest BCUT2D eigenvalue weighted by molar-refractivity contribution is 7.18. The highest BCUT2D eigenvalue weighted by Crippen LogP contribution is 2.39. The van der Waals surface area contributed by atoms with Crippen molar-refractivity contribution in [2.45, 2.75) is 33.1 Å². The molecule has 3 aromatic rings. The maximum absolute atomic E-state index is 13.5. The van der Waals surface area contributed by atoms with E-state index in [1.807, 2.05) is 13.8 Å². The summed E-state index contributed by atoms with van der Waals surface area (Å²) in [5, 5.41) is 0.989. The Morgan fingerprint density at radius 3 is 2.73 bits per heavy atom. The Kier molecular flexibility index (Phi) is 5.88. The largest absolute Gasteiger partial charge is 0.489 e. The topological polar surface area (TPSA) is 84.5 Å².